The molecular weight excluding hydrogens is 280 g/mol. The minimum Gasteiger partial charge on any atom is -0.341 e. The monoisotopic (exact) mass is 300 g/mol. The Labute approximate surface area is 131 Å². The Morgan fingerprint density at radius 3 is 2.86 bits per heavy atom. The molecule has 0 spiro atoms. The Morgan fingerprint density at radius 1 is 1.14 bits per heavy atom. The van der Waals surface area contributed by atoms with Crippen LogP contribution in [-0.2, 0) is 13.0 Å². The van der Waals surface area contributed by atoms with Gasteiger partial charge in [0, 0.05) is 29.5 Å². The van der Waals surface area contributed by atoms with Gasteiger partial charge in [0.15, 0.2) is 0 Å². The average Bonchev–Trinajstić information content (AvgIpc) is 2.52. The van der Waals surface area contributed by atoms with Crippen LogP contribution in [0.5, 0.6) is 0 Å². The number of nitrogens with zero attached hydrogens (tertiary/aromatic N) is 1. The van der Waals surface area contributed by atoms with Crippen molar-refractivity contribution < 1.29 is 0 Å². The highest BCUT2D eigenvalue weighted by Gasteiger charge is 2.19. The van der Waals surface area contributed by atoms with Crippen molar-refractivity contribution in [3.8, 4) is 0 Å². The van der Waals surface area contributed by atoms with Gasteiger partial charge in [0.2, 0.25) is 0 Å². The van der Waals surface area contributed by atoms with Crippen molar-refractivity contribution in [1.29, 1.82) is 0 Å². The van der Waals surface area contributed by atoms with Gasteiger partial charge in [0.05, 0.1) is 0 Å². The molecule has 3 rings (SSSR count). The van der Waals surface area contributed by atoms with Crippen LogP contribution in [0.25, 0.3) is 0 Å². The van der Waals surface area contributed by atoms with Crippen LogP contribution in [0.1, 0.15) is 24.5 Å². The molecule has 0 aliphatic carbocycles. The van der Waals surface area contributed by atoms with Gasteiger partial charge in [0.1, 0.15) is 0 Å². The van der Waals surface area contributed by atoms with Gasteiger partial charge in [0.25, 0.3) is 0 Å². The van der Waals surface area contributed by atoms with E-state index in [0.29, 0.717) is 0 Å². The zero-order valence-electron chi connectivity index (χ0n) is 12.4. The fraction of sp³-hybridized carbons (Fsp3) is 0.333. The van der Waals surface area contributed by atoms with Crippen LogP contribution in [0.15, 0.2) is 42.5 Å². The summed E-state index contributed by atoms with van der Waals surface area (Å²) in [5.41, 5.74) is 5.31. The summed E-state index contributed by atoms with van der Waals surface area (Å²) >= 11 is 6.19. The summed E-state index contributed by atoms with van der Waals surface area (Å²) in [6, 6.07) is 14.9. The maximum Gasteiger partial charge on any atom is 0.0457 e. The Bertz CT molecular complexity index is 624. The molecular formula is C18H21ClN2. The van der Waals surface area contributed by atoms with Gasteiger partial charge in [-0.1, -0.05) is 36.7 Å². The number of aryl methyl sites for hydroxylation is 1. The lowest BCUT2D eigenvalue weighted by molar-refractivity contribution is 0.717. The first-order valence-electron chi connectivity index (χ1n) is 7.64. The predicted molar refractivity (Wildman–Crippen MR) is 90.6 cm³/mol. The lowest BCUT2D eigenvalue weighted by Gasteiger charge is -2.33. The standard InChI is InChI=1S/C18H21ClN2/c1-2-20-13-15-12-16(19)9-10-18(15)21-11-5-7-14-6-3-4-8-17(14)21/h3-4,6,8-10,12,20H,2,5,7,11,13H2,1H3. The fourth-order valence-electron chi connectivity index (χ4n) is 3.00. The maximum absolute atomic E-state index is 6.19. The second-order valence-corrected chi connectivity index (χ2v) is 5.87. The molecule has 0 atom stereocenters. The molecule has 1 aliphatic heterocycles. The highest BCUT2D eigenvalue weighted by atomic mass is 35.5. The Balaban J connectivity index is 2.01. The van der Waals surface area contributed by atoms with Crippen molar-refractivity contribution in [2.45, 2.75) is 26.3 Å². The van der Waals surface area contributed by atoms with Crippen LogP contribution >= 0.6 is 11.6 Å². The number of nitrogens with one attached hydrogen (secondary N) is 1. The van der Waals surface area contributed by atoms with E-state index in [1.807, 2.05) is 6.07 Å². The van der Waals surface area contributed by atoms with E-state index >= 15 is 0 Å². The second kappa shape index (κ2) is 6.50. The molecule has 0 saturated carbocycles. The van der Waals surface area contributed by atoms with Crippen molar-refractivity contribution >= 4 is 23.0 Å². The topological polar surface area (TPSA) is 15.3 Å². The molecule has 1 heterocycles. The predicted octanol–water partition coefficient (Wildman–Crippen LogP) is 4.53. The van der Waals surface area contributed by atoms with E-state index in [1.54, 1.807) is 0 Å². The molecule has 0 radical (unpaired) electrons. The van der Waals surface area contributed by atoms with Crippen molar-refractivity contribution in [3.63, 3.8) is 0 Å². The van der Waals surface area contributed by atoms with Crippen LogP contribution in [0.3, 0.4) is 0 Å². The molecule has 21 heavy (non-hydrogen) atoms. The summed E-state index contributed by atoms with van der Waals surface area (Å²) in [6.45, 7) is 5.01. The van der Waals surface area contributed by atoms with Gasteiger partial charge in [-0.3, -0.25) is 0 Å². The first kappa shape index (κ1) is 14.4. The molecule has 0 aromatic heterocycles. The highest BCUT2D eigenvalue weighted by molar-refractivity contribution is 6.30. The van der Waals surface area contributed by atoms with Crippen LogP contribution in [-0.4, -0.2) is 13.1 Å². The van der Waals surface area contributed by atoms with Gasteiger partial charge < -0.3 is 10.2 Å². The smallest absolute Gasteiger partial charge is 0.0457 e. The second-order valence-electron chi connectivity index (χ2n) is 5.44. The summed E-state index contributed by atoms with van der Waals surface area (Å²) in [7, 11) is 0. The number of anilines is 2. The molecule has 2 aromatic carbocycles. The number of halogens is 1. The lowest BCUT2D eigenvalue weighted by atomic mass is 10.00. The molecule has 0 saturated heterocycles. The molecule has 0 unspecified atom stereocenters. The van der Waals surface area contributed by atoms with Gasteiger partial charge in [-0.2, -0.15) is 0 Å². The maximum atomic E-state index is 6.19. The molecule has 1 N–H and O–H groups in total. The molecule has 0 amide bonds. The number of fused-ring (bicyclic) bond motifs is 1. The first-order chi connectivity index (χ1) is 10.3. The zero-order valence-corrected chi connectivity index (χ0v) is 13.2. The van der Waals surface area contributed by atoms with E-state index in [-0.39, 0.29) is 0 Å². The zero-order chi connectivity index (χ0) is 14.7. The van der Waals surface area contributed by atoms with Gasteiger partial charge in [-0.15, -0.1) is 0 Å². The third-order valence-electron chi connectivity index (χ3n) is 4.01. The van der Waals surface area contributed by atoms with E-state index in [0.717, 1.165) is 24.7 Å². The van der Waals surface area contributed by atoms with Crippen LogP contribution in [0.4, 0.5) is 11.4 Å². The SMILES string of the molecule is CCNCc1cc(Cl)ccc1N1CCCc2ccccc21. The molecule has 2 nitrogen and oxygen atoms in total. The molecule has 110 valence electrons. The van der Waals surface area contributed by atoms with E-state index in [1.165, 1.54) is 35.3 Å². The van der Waals surface area contributed by atoms with E-state index < -0.39 is 0 Å². The van der Waals surface area contributed by atoms with Crippen molar-refractivity contribution in [3.05, 3.63) is 58.6 Å². The first-order valence-corrected chi connectivity index (χ1v) is 8.02. The number of hydrogen-bond donors (Lipinski definition) is 1. The number of hydrogen-bond acceptors (Lipinski definition) is 2. The van der Waals surface area contributed by atoms with Crippen molar-refractivity contribution in [2.75, 3.05) is 18.0 Å². The molecule has 2 aromatic rings. The Kier molecular flexibility index (Phi) is 4.47. The van der Waals surface area contributed by atoms with Gasteiger partial charge >= 0.3 is 0 Å². The van der Waals surface area contributed by atoms with Gasteiger partial charge in [-0.05, 0) is 54.8 Å². The average molecular weight is 301 g/mol. The normalized spacial score (nSPS) is 14.1. The van der Waals surface area contributed by atoms with E-state index in [9.17, 15) is 0 Å². The number of rotatable bonds is 4. The molecule has 1 aliphatic rings. The number of para-hydroxylation sites is 1. The minimum absolute atomic E-state index is 0.803. The molecule has 0 fully saturated rings. The Morgan fingerprint density at radius 2 is 2.00 bits per heavy atom. The Hall–Kier alpha value is -1.51. The van der Waals surface area contributed by atoms with Crippen LogP contribution in [0, 0.1) is 0 Å². The molecule has 0 bridgehead atoms. The van der Waals surface area contributed by atoms with Crippen molar-refractivity contribution in [1.82, 2.24) is 5.32 Å². The summed E-state index contributed by atoms with van der Waals surface area (Å²) in [4.78, 5) is 2.43. The summed E-state index contributed by atoms with van der Waals surface area (Å²) in [6.07, 6.45) is 2.36. The fourth-order valence-corrected chi connectivity index (χ4v) is 3.20. The summed E-state index contributed by atoms with van der Waals surface area (Å²) in [5, 5.41) is 4.21. The quantitative estimate of drug-likeness (QED) is 0.892. The van der Waals surface area contributed by atoms with Crippen LogP contribution < -0.4 is 10.2 Å². The van der Waals surface area contributed by atoms with Gasteiger partial charge in [-0.25, -0.2) is 0 Å². The largest absolute Gasteiger partial charge is 0.341 e. The van der Waals surface area contributed by atoms with E-state index in [2.05, 4.69) is 53.5 Å². The summed E-state index contributed by atoms with van der Waals surface area (Å²) in [5.74, 6) is 0. The minimum atomic E-state index is 0.803. The van der Waals surface area contributed by atoms with Crippen molar-refractivity contribution in [2.24, 2.45) is 0 Å². The summed E-state index contributed by atoms with van der Waals surface area (Å²) < 4.78 is 0. The van der Waals surface area contributed by atoms with E-state index in [4.69, 9.17) is 11.6 Å². The number of benzene rings is 2. The third kappa shape index (κ3) is 3.07. The third-order valence-corrected chi connectivity index (χ3v) is 4.24. The molecule has 3 heteroatoms. The lowest BCUT2D eigenvalue weighted by Crippen LogP contribution is -2.26. The van der Waals surface area contributed by atoms with Crippen LogP contribution in [0.2, 0.25) is 5.02 Å². The highest BCUT2D eigenvalue weighted by Crippen LogP contribution is 2.36.